The summed E-state index contributed by atoms with van der Waals surface area (Å²) in [6, 6.07) is 15.2. The van der Waals surface area contributed by atoms with Gasteiger partial charge in [0.05, 0.1) is 11.1 Å². The number of nitrogens with one attached hydrogen (secondary N) is 3. The van der Waals surface area contributed by atoms with E-state index in [9.17, 15) is 9.18 Å². The number of H-pyrrole nitrogens is 1. The molecular formula is C22H15FN6O2S. The van der Waals surface area contributed by atoms with Gasteiger partial charge in [-0.15, -0.1) is 11.3 Å². The molecule has 158 valence electrons. The number of aromatic amines is 1. The molecule has 2 amide bonds. The van der Waals surface area contributed by atoms with Crippen LogP contribution in [0, 0.1) is 5.82 Å². The molecule has 0 radical (unpaired) electrons. The van der Waals surface area contributed by atoms with Crippen LogP contribution in [0.3, 0.4) is 0 Å². The highest BCUT2D eigenvalue weighted by molar-refractivity contribution is 7.13. The fourth-order valence-electron chi connectivity index (χ4n) is 3.08. The van der Waals surface area contributed by atoms with E-state index in [4.69, 9.17) is 4.74 Å². The van der Waals surface area contributed by atoms with Gasteiger partial charge in [-0.3, -0.25) is 5.32 Å². The fourth-order valence-corrected chi connectivity index (χ4v) is 3.60. The third-order valence-electron chi connectivity index (χ3n) is 4.53. The number of aromatic nitrogens is 4. The molecule has 8 nitrogen and oxygen atoms in total. The normalized spacial score (nSPS) is 10.8. The summed E-state index contributed by atoms with van der Waals surface area (Å²) in [5.41, 5.74) is 2.47. The molecule has 0 aliphatic rings. The van der Waals surface area contributed by atoms with E-state index in [2.05, 4.69) is 30.6 Å². The second-order valence-electron chi connectivity index (χ2n) is 6.65. The summed E-state index contributed by atoms with van der Waals surface area (Å²) in [6.45, 7) is 0. The highest BCUT2D eigenvalue weighted by Crippen LogP contribution is 2.31. The summed E-state index contributed by atoms with van der Waals surface area (Å²) >= 11 is 1.26. The lowest BCUT2D eigenvalue weighted by atomic mass is 10.1. The number of carbonyl (C=O) groups excluding carboxylic acids is 1. The molecule has 0 saturated carbocycles. The van der Waals surface area contributed by atoms with Crippen LogP contribution in [0.2, 0.25) is 0 Å². The van der Waals surface area contributed by atoms with Crippen LogP contribution >= 0.6 is 11.3 Å². The Hall–Kier alpha value is -4.31. The largest absolute Gasteiger partial charge is 0.438 e. The average Bonchev–Trinajstić information content (AvgIpc) is 3.47. The zero-order chi connectivity index (χ0) is 21.9. The third-order valence-corrected chi connectivity index (χ3v) is 5.22. The van der Waals surface area contributed by atoms with Gasteiger partial charge in [-0.05, 0) is 23.8 Å². The van der Waals surface area contributed by atoms with E-state index in [1.54, 1.807) is 17.6 Å². The number of ether oxygens (including phenoxy) is 1. The lowest BCUT2D eigenvalue weighted by molar-refractivity contribution is 0.262. The van der Waals surface area contributed by atoms with Gasteiger partial charge in [-0.2, -0.15) is 0 Å². The molecule has 3 aromatic heterocycles. The van der Waals surface area contributed by atoms with Gasteiger partial charge in [0, 0.05) is 23.3 Å². The van der Waals surface area contributed by atoms with Crippen molar-refractivity contribution in [3.8, 4) is 22.9 Å². The Morgan fingerprint density at radius 1 is 1.03 bits per heavy atom. The molecule has 5 aromatic rings. The molecule has 2 aromatic carbocycles. The molecule has 0 aliphatic carbocycles. The predicted molar refractivity (Wildman–Crippen MR) is 121 cm³/mol. The fraction of sp³-hybridized carbons (Fsp3) is 0. The van der Waals surface area contributed by atoms with Gasteiger partial charge < -0.3 is 15.0 Å². The number of anilines is 2. The number of thiazole rings is 1. The molecule has 5 rings (SSSR count). The number of fused-ring (bicyclic) bond motifs is 1. The molecular weight excluding hydrogens is 431 g/mol. The van der Waals surface area contributed by atoms with Crippen molar-refractivity contribution in [2.45, 2.75) is 0 Å². The van der Waals surface area contributed by atoms with Crippen molar-refractivity contribution in [3.63, 3.8) is 0 Å². The summed E-state index contributed by atoms with van der Waals surface area (Å²) in [4.78, 5) is 27.6. The average molecular weight is 446 g/mol. The monoisotopic (exact) mass is 446 g/mol. The summed E-state index contributed by atoms with van der Waals surface area (Å²) in [5.74, 6) is -0.132. The van der Waals surface area contributed by atoms with Crippen LogP contribution in [0.1, 0.15) is 0 Å². The third kappa shape index (κ3) is 4.12. The maximum Gasteiger partial charge on any atom is 0.325 e. The Morgan fingerprint density at radius 2 is 1.91 bits per heavy atom. The van der Waals surface area contributed by atoms with Crippen molar-refractivity contribution in [1.29, 1.82) is 0 Å². The summed E-state index contributed by atoms with van der Waals surface area (Å²) < 4.78 is 20.4. The van der Waals surface area contributed by atoms with Gasteiger partial charge in [-0.25, -0.2) is 24.1 Å². The Bertz CT molecular complexity index is 1390. The lowest BCUT2D eigenvalue weighted by Crippen LogP contribution is -2.19. The Morgan fingerprint density at radius 3 is 2.69 bits per heavy atom. The SMILES string of the molecule is O=C(Nc1nccs1)Nc1ccc(Oc2ncnc3[nH]c(-c4ccccc4)cc23)cc1F. The van der Waals surface area contributed by atoms with Crippen LogP contribution in [-0.2, 0) is 0 Å². The van der Waals surface area contributed by atoms with Crippen molar-refractivity contribution < 1.29 is 13.9 Å². The highest BCUT2D eigenvalue weighted by atomic mass is 32.1. The molecule has 0 spiro atoms. The number of hydrogen-bond donors (Lipinski definition) is 3. The predicted octanol–water partition coefficient (Wildman–Crippen LogP) is 5.66. The zero-order valence-electron chi connectivity index (χ0n) is 16.4. The van der Waals surface area contributed by atoms with Crippen molar-refractivity contribution >= 4 is 39.2 Å². The van der Waals surface area contributed by atoms with Crippen molar-refractivity contribution in [2.75, 3.05) is 10.6 Å². The van der Waals surface area contributed by atoms with E-state index in [0.717, 1.165) is 11.3 Å². The van der Waals surface area contributed by atoms with Crippen LogP contribution in [0.5, 0.6) is 11.6 Å². The van der Waals surface area contributed by atoms with Crippen molar-refractivity contribution in [3.05, 3.63) is 78.3 Å². The molecule has 3 heterocycles. The summed E-state index contributed by atoms with van der Waals surface area (Å²) in [7, 11) is 0. The van der Waals surface area contributed by atoms with Crippen molar-refractivity contribution in [2.24, 2.45) is 0 Å². The smallest absolute Gasteiger partial charge is 0.325 e. The number of halogens is 1. The van der Waals surface area contributed by atoms with E-state index in [-0.39, 0.29) is 17.3 Å². The Labute approximate surface area is 185 Å². The van der Waals surface area contributed by atoms with Crippen molar-refractivity contribution in [1.82, 2.24) is 19.9 Å². The molecule has 0 fully saturated rings. The molecule has 0 saturated heterocycles. The molecule has 10 heteroatoms. The first-order chi connectivity index (χ1) is 15.7. The minimum absolute atomic E-state index is 0.00671. The van der Waals surface area contributed by atoms with E-state index >= 15 is 0 Å². The van der Waals surface area contributed by atoms with Gasteiger partial charge in [0.1, 0.15) is 23.5 Å². The lowest BCUT2D eigenvalue weighted by Gasteiger charge is -2.09. The molecule has 0 unspecified atom stereocenters. The van der Waals surface area contributed by atoms with Gasteiger partial charge in [0.2, 0.25) is 5.88 Å². The number of benzene rings is 2. The van der Waals surface area contributed by atoms with E-state index in [1.807, 2.05) is 36.4 Å². The summed E-state index contributed by atoms with van der Waals surface area (Å²) in [6.07, 6.45) is 2.93. The first kappa shape index (κ1) is 19.6. The topological polar surface area (TPSA) is 105 Å². The zero-order valence-corrected chi connectivity index (χ0v) is 17.2. The number of carbonyl (C=O) groups is 1. The number of amides is 2. The van der Waals surface area contributed by atoms with E-state index in [0.29, 0.717) is 16.2 Å². The first-order valence-electron chi connectivity index (χ1n) is 9.50. The van der Waals surface area contributed by atoms with Gasteiger partial charge in [0.25, 0.3) is 0 Å². The van der Waals surface area contributed by atoms with Crippen LogP contribution in [0.4, 0.5) is 20.0 Å². The molecule has 0 bridgehead atoms. The minimum Gasteiger partial charge on any atom is -0.438 e. The second-order valence-corrected chi connectivity index (χ2v) is 7.54. The van der Waals surface area contributed by atoms with E-state index < -0.39 is 11.8 Å². The van der Waals surface area contributed by atoms with Gasteiger partial charge in [-0.1, -0.05) is 30.3 Å². The van der Waals surface area contributed by atoms with Crippen LogP contribution < -0.4 is 15.4 Å². The molecule has 0 atom stereocenters. The van der Waals surface area contributed by atoms with Crippen LogP contribution in [0.15, 0.2) is 72.5 Å². The Balaban J connectivity index is 1.35. The minimum atomic E-state index is -0.652. The maximum absolute atomic E-state index is 14.6. The molecule has 32 heavy (non-hydrogen) atoms. The van der Waals surface area contributed by atoms with Gasteiger partial charge in [0.15, 0.2) is 5.13 Å². The number of rotatable bonds is 5. The maximum atomic E-state index is 14.6. The van der Waals surface area contributed by atoms with Crippen LogP contribution in [-0.4, -0.2) is 26.0 Å². The van der Waals surface area contributed by atoms with E-state index in [1.165, 1.54) is 29.8 Å². The Kier molecular flexibility index (Phi) is 5.18. The number of urea groups is 1. The summed E-state index contributed by atoms with van der Waals surface area (Å²) in [5, 5.41) is 7.77. The number of hydrogen-bond acceptors (Lipinski definition) is 6. The number of nitrogens with zero attached hydrogens (tertiary/aromatic N) is 3. The highest BCUT2D eigenvalue weighted by Gasteiger charge is 2.13. The molecule has 0 aliphatic heterocycles. The molecule has 3 N–H and O–H groups in total. The standard InChI is InChI=1S/C22H15FN6O2S/c23-16-10-14(6-7-17(16)28-21(30)29-22-24-8-9-32-22)31-20-15-11-18(13-4-2-1-3-5-13)27-19(15)25-12-26-20/h1-12H,(H,25,26,27)(H2,24,28,29,30). The first-order valence-corrected chi connectivity index (χ1v) is 10.4. The second kappa shape index (κ2) is 8.44. The quantitative estimate of drug-likeness (QED) is 0.323. The van der Waals surface area contributed by atoms with Crippen LogP contribution in [0.25, 0.3) is 22.3 Å². The van der Waals surface area contributed by atoms with Gasteiger partial charge >= 0.3 is 6.03 Å².